The van der Waals surface area contributed by atoms with Crippen LogP contribution in [0.1, 0.15) is 22.4 Å². The molecule has 0 fully saturated rings. The minimum Gasteiger partial charge on any atom is -0.497 e. The minimum atomic E-state index is -3.68. The Morgan fingerprint density at radius 2 is 1.71 bits per heavy atom. The molecule has 0 aliphatic rings. The van der Waals surface area contributed by atoms with Gasteiger partial charge in [-0.25, -0.2) is 18.1 Å². The zero-order chi connectivity index (χ0) is 20.3. The Hall–Kier alpha value is -2.77. The molecule has 6 nitrogen and oxygen atoms in total. The highest BCUT2D eigenvalue weighted by molar-refractivity contribution is 7.89. The lowest BCUT2D eigenvalue weighted by Gasteiger charge is -2.14. The summed E-state index contributed by atoms with van der Waals surface area (Å²) >= 11 is 0. The Bertz CT molecular complexity index is 1070. The summed E-state index contributed by atoms with van der Waals surface area (Å²) in [5, 5.41) is 0. The Kier molecular flexibility index (Phi) is 5.76. The summed E-state index contributed by atoms with van der Waals surface area (Å²) in [5.41, 5.74) is 4.33. The fourth-order valence-corrected chi connectivity index (χ4v) is 4.69. The van der Waals surface area contributed by atoms with Gasteiger partial charge in [0.15, 0.2) is 0 Å². The van der Waals surface area contributed by atoms with Crippen LogP contribution in [0.2, 0.25) is 0 Å². The van der Waals surface area contributed by atoms with Gasteiger partial charge in [-0.1, -0.05) is 23.8 Å². The van der Waals surface area contributed by atoms with Crippen LogP contribution in [-0.2, 0) is 16.6 Å². The monoisotopic (exact) mass is 397 g/mol. The second kappa shape index (κ2) is 8.08. The number of ether oxygens (including phenoxy) is 1. The van der Waals surface area contributed by atoms with E-state index in [9.17, 15) is 8.42 Å². The molecule has 0 atom stereocenters. The average Bonchev–Trinajstić information content (AvgIpc) is 2.66. The molecule has 0 bridgehead atoms. The van der Waals surface area contributed by atoms with Gasteiger partial charge in [0.25, 0.3) is 0 Å². The van der Waals surface area contributed by atoms with Crippen LogP contribution in [0.15, 0.2) is 53.6 Å². The van der Waals surface area contributed by atoms with E-state index in [0.717, 1.165) is 16.7 Å². The van der Waals surface area contributed by atoms with Crippen LogP contribution in [0.4, 0.5) is 0 Å². The summed E-state index contributed by atoms with van der Waals surface area (Å²) in [5.74, 6) is 0.590. The lowest BCUT2D eigenvalue weighted by atomic mass is 10.1. The van der Waals surface area contributed by atoms with Gasteiger partial charge in [0, 0.05) is 18.3 Å². The summed E-state index contributed by atoms with van der Waals surface area (Å²) < 4.78 is 33.8. The van der Waals surface area contributed by atoms with E-state index >= 15 is 0 Å². The van der Waals surface area contributed by atoms with Crippen LogP contribution in [0.5, 0.6) is 5.75 Å². The lowest BCUT2D eigenvalue weighted by Crippen LogP contribution is -2.25. The van der Waals surface area contributed by atoms with E-state index in [1.54, 1.807) is 39.3 Å². The summed E-state index contributed by atoms with van der Waals surface area (Å²) in [7, 11) is -2.12. The molecule has 0 amide bonds. The maximum Gasteiger partial charge on any atom is 0.241 e. The van der Waals surface area contributed by atoms with Crippen molar-refractivity contribution in [2.45, 2.75) is 32.2 Å². The van der Waals surface area contributed by atoms with Crippen molar-refractivity contribution in [3.8, 4) is 17.1 Å². The number of pyridine rings is 2. The molecule has 2 heterocycles. The third kappa shape index (κ3) is 4.37. The molecule has 2 aromatic heterocycles. The molecule has 0 saturated heterocycles. The van der Waals surface area contributed by atoms with Crippen LogP contribution in [-0.4, -0.2) is 25.5 Å². The normalized spacial score (nSPS) is 11.4. The van der Waals surface area contributed by atoms with Crippen molar-refractivity contribution in [2.75, 3.05) is 7.11 Å². The van der Waals surface area contributed by atoms with Gasteiger partial charge in [0.2, 0.25) is 10.0 Å². The van der Waals surface area contributed by atoms with Crippen molar-refractivity contribution in [3.05, 3.63) is 71.0 Å². The van der Waals surface area contributed by atoms with Gasteiger partial charge in [0.1, 0.15) is 5.75 Å². The summed E-state index contributed by atoms with van der Waals surface area (Å²) in [6.07, 6.45) is 1.68. The third-order valence-electron chi connectivity index (χ3n) is 4.33. The Labute approximate surface area is 165 Å². The number of nitrogens with one attached hydrogen (secondary N) is 1. The summed E-state index contributed by atoms with van der Waals surface area (Å²) in [4.78, 5) is 9.15. The number of hydrogen-bond donors (Lipinski definition) is 1. The molecule has 0 spiro atoms. The van der Waals surface area contributed by atoms with Crippen LogP contribution in [0.3, 0.4) is 0 Å². The molecule has 146 valence electrons. The van der Waals surface area contributed by atoms with E-state index in [1.807, 2.05) is 37.3 Å². The number of nitrogens with zero attached hydrogens (tertiary/aromatic N) is 2. The number of methoxy groups -OCH3 is 1. The molecule has 7 heteroatoms. The average molecular weight is 398 g/mol. The molecule has 0 aliphatic carbocycles. The predicted octanol–water partition coefficient (Wildman–Crippen LogP) is 3.56. The van der Waals surface area contributed by atoms with Gasteiger partial charge in [-0.15, -0.1) is 0 Å². The second-order valence-corrected chi connectivity index (χ2v) is 8.35. The first-order chi connectivity index (χ1) is 13.3. The molecular weight excluding hydrogens is 374 g/mol. The molecule has 28 heavy (non-hydrogen) atoms. The SMILES string of the molecule is COc1cc(CNS(=O)(=O)c2c(C)cc(C)cc2C)nc(-c2ccccn2)c1. The third-order valence-corrected chi connectivity index (χ3v) is 6.04. The first-order valence-corrected chi connectivity index (χ1v) is 10.3. The number of hydrogen-bond acceptors (Lipinski definition) is 5. The van der Waals surface area contributed by atoms with E-state index in [-0.39, 0.29) is 6.54 Å². The number of benzene rings is 1. The lowest BCUT2D eigenvalue weighted by molar-refractivity contribution is 0.413. The van der Waals surface area contributed by atoms with Crippen molar-refractivity contribution in [2.24, 2.45) is 0 Å². The highest BCUT2D eigenvalue weighted by Crippen LogP contribution is 2.24. The van der Waals surface area contributed by atoms with Crippen molar-refractivity contribution in [3.63, 3.8) is 0 Å². The zero-order valence-corrected chi connectivity index (χ0v) is 17.2. The Morgan fingerprint density at radius 1 is 1.00 bits per heavy atom. The molecule has 0 aliphatic heterocycles. The smallest absolute Gasteiger partial charge is 0.241 e. The van der Waals surface area contributed by atoms with Gasteiger partial charge in [0.05, 0.1) is 35.6 Å². The van der Waals surface area contributed by atoms with E-state index in [1.165, 1.54) is 0 Å². The Balaban J connectivity index is 1.90. The van der Waals surface area contributed by atoms with Crippen LogP contribution in [0, 0.1) is 20.8 Å². The number of aromatic nitrogens is 2. The first kappa shape index (κ1) is 20.0. The molecule has 1 N–H and O–H groups in total. The molecule has 1 aromatic carbocycles. The number of aryl methyl sites for hydroxylation is 3. The fourth-order valence-electron chi connectivity index (χ4n) is 3.25. The minimum absolute atomic E-state index is 0.0477. The largest absolute Gasteiger partial charge is 0.497 e. The van der Waals surface area contributed by atoms with E-state index < -0.39 is 10.0 Å². The van der Waals surface area contributed by atoms with Crippen LogP contribution >= 0.6 is 0 Å². The quantitative estimate of drug-likeness (QED) is 0.688. The van der Waals surface area contributed by atoms with E-state index in [2.05, 4.69) is 14.7 Å². The summed E-state index contributed by atoms with van der Waals surface area (Å²) in [6, 6.07) is 12.8. The number of rotatable bonds is 6. The molecule has 0 radical (unpaired) electrons. The maximum absolute atomic E-state index is 12.9. The van der Waals surface area contributed by atoms with Gasteiger partial charge in [-0.2, -0.15) is 0 Å². The first-order valence-electron chi connectivity index (χ1n) is 8.84. The van der Waals surface area contributed by atoms with Crippen molar-refractivity contribution in [1.82, 2.24) is 14.7 Å². The molecular formula is C21H23N3O3S. The fraction of sp³-hybridized carbons (Fsp3) is 0.238. The Morgan fingerprint density at radius 3 is 2.32 bits per heavy atom. The van der Waals surface area contributed by atoms with Gasteiger partial charge >= 0.3 is 0 Å². The van der Waals surface area contributed by atoms with E-state index in [0.29, 0.717) is 27.7 Å². The summed E-state index contributed by atoms with van der Waals surface area (Å²) in [6.45, 7) is 5.60. The second-order valence-electron chi connectivity index (χ2n) is 6.65. The van der Waals surface area contributed by atoms with Gasteiger partial charge < -0.3 is 4.74 Å². The number of sulfonamides is 1. The highest BCUT2D eigenvalue weighted by atomic mass is 32.2. The standard InChI is InChI=1S/C21H23N3O3S/c1-14-9-15(2)21(16(3)10-14)28(25,26)23-13-17-11-18(27-4)12-20(24-17)19-7-5-6-8-22-19/h5-12,23H,13H2,1-4H3. The molecule has 3 aromatic rings. The van der Waals surface area contributed by atoms with E-state index in [4.69, 9.17) is 4.74 Å². The zero-order valence-electron chi connectivity index (χ0n) is 16.4. The maximum atomic E-state index is 12.9. The van der Waals surface area contributed by atoms with Crippen LogP contribution < -0.4 is 9.46 Å². The molecule has 3 rings (SSSR count). The topological polar surface area (TPSA) is 81.2 Å². The predicted molar refractivity (Wildman–Crippen MR) is 109 cm³/mol. The molecule has 0 unspecified atom stereocenters. The van der Waals surface area contributed by atoms with Gasteiger partial charge in [-0.3, -0.25) is 4.98 Å². The molecule has 0 saturated carbocycles. The van der Waals surface area contributed by atoms with Crippen molar-refractivity contribution in [1.29, 1.82) is 0 Å². The van der Waals surface area contributed by atoms with Crippen molar-refractivity contribution >= 4 is 10.0 Å². The highest BCUT2D eigenvalue weighted by Gasteiger charge is 2.20. The van der Waals surface area contributed by atoms with Crippen LogP contribution in [0.25, 0.3) is 11.4 Å². The van der Waals surface area contributed by atoms with Crippen molar-refractivity contribution < 1.29 is 13.2 Å². The van der Waals surface area contributed by atoms with Gasteiger partial charge in [-0.05, 0) is 44.0 Å².